The van der Waals surface area contributed by atoms with E-state index in [1.807, 2.05) is 12.3 Å². The molecule has 1 fully saturated rings. The second kappa shape index (κ2) is 9.00. The van der Waals surface area contributed by atoms with Gasteiger partial charge in [0.2, 0.25) is 0 Å². The minimum absolute atomic E-state index is 0.0550. The second-order valence-electron chi connectivity index (χ2n) is 5.74. The molecule has 0 aliphatic carbocycles. The van der Waals surface area contributed by atoms with Crippen molar-refractivity contribution >= 4 is 17.8 Å². The number of aromatic nitrogens is 1. The van der Waals surface area contributed by atoms with E-state index in [2.05, 4.69) is 39.9 Å². The molecule has 1 aliphatic heterocycles. The molecule has 0 spiro atoms. The zero-order valence-electron chi connectivity index (χ0n) is 13.4. The maximum Gasteiger partial charge on any atom is 0.314 e. The Bertz CT molecular complexity index is 457. The van der Waals surface area contributed by atoms with Gasteiger partial charge in [0.15, 0.2) is 0 Å². The van der Waals surface area contributed by atoms with Gasteiger partial charge in [-0.2, -0.15) is 11.8 Å². The third-order valence-electron chi connectivity index (χ3n) is 4.14. The molecule has 1 aromatic rings. The first-order chi connectivity index (χ1) is 10.7. The quantitative estimate of drug-likeness (QED) is 0.755. The number of nitrogens with one attached hydrogen (secondary N) is 2. The van der Waals surface area contributed by atoms with Crippen molar-refractivity contribution in [2.45, 2.75) is 18.9 Å². The third-order valence-corrected chi connectivity index (χ3v) is 4.83. The van der Waals surface area contributed by atoms with Gasteiger partial charge in [-0.3, -0.25) is 9.88 Å². The minimum Gasteiger partial charge on any atom is -0.338 e. The average molecular weight is 322 g/mol. The zero-order chi connectivity index (χ0) is 15.8. The van der Waals surface area contributed by atoms with E-state index < -0.39 is 0 Å². The molecule has 122 valence electrons. The summed E-state index contributed by atoms with van der Waals surface area (Å²) in [6.07, 6.45) is 7.92. The van der Waals surface area contributed by atoms with Crippen molar-refractivity contribution in [3.05, 3.63) is 30.1 Å². The molecule has 22 heavy (non-hydrogen) atoms. The Morgan fingerprint density at radius 1 is 1.50 bits per heavy atom. The topological polar surface area (TPSA) is 57.3 Å². The maximum atomic E-state index is 11.8. The fraction of sp³-hybridized carbons (Fsp3) is 0.625. The number of amides is 2. The molecule has 2 amide bonds. The highest BCUT2D eigenvalue weighted by Crippen LogP contribution is 2.35. The van der Waals surface area contributed by atoms with E-state index in [1.165, 1.54) is 5.56 Å². The lowest BCUT2D eigenvalue weighted by Gasteiger charge is -2.25. The predicted octanol–water partition coefficient (Wildman–Crippen LogP) is 2.13. The van der Waals surface area contributed by atoms with Crippen molar-refractivity contribution in [2.75, 3.05) is 38.7 Å². The summed E-state index contributed by atoms with van der Waals surface area (Å²) in [5.41, 5.74) is 1.23. The number of carbonyl (C=O) groups excluding carboxylic acids is 1. The normalized spacial score (nSPS) is 21.7. The zero-order valence-corrected chi connectivity index (χ0v) is 14.2. The highest BCUT2D eigenvalue weighted by atomic mass is 32.2. The Kier molecular flexibility index (Phi) is 6.99. The van der Waals surface area contributed by atoms with Crippen LogP contribution in [-0.4, -0.2) is 54.6 Å². The van der Waals surface area contributed by atoms with Crippen LogP contribution in [-0.2, 0) is 0 Å². The van der Waals surface area contributed by atoms with Gasteiger partial charge in [0.1, 0.15) is 0 Å². The number of rotatable bonds is 7. The van der Waals surface area contributed by atoms with Crippen molar-refractivity contribution in [1.29, 1.82) is 0 Å². The van der Waals surface area contributed by atoms with Crippen LogP contribution in [0.4, 0.5) is 4.79 Å². The molecule has 0 unspecified atom stereocenters. The second-order valence-corrected chi connectivity index (χ2v) is 6.73. The number of hydrogen-bond donors (Lipinski definition) is 2. The first kappa shape index (κ1) is 17.1. The Hall–Kier alpha value is -1.27. The minimum atomic E-state index is -0.0550. The van der Waals surface area contributed by atoms with Crippen molar-refractivity contribution in [3.63, 3.8) is 0 Å². The Morgan fingerprint density at radius 3 is 3.09 bits per heavy atom. The molecule has 5 nitrogen and oxygen atoms in total. The van der Waals surface area contributed by atoms with Crippen molar-refractivity contribution in [1.82, 2.24) is 20.5 Å². The van der Waals surface area contributed by atoms with Gasteiger partial charge in [0, 0.05) is 31.5 Å². The largest absolute Gasteiger partial charge is 0.338 e. The van der Waals surface area contributed by atoms with Crippen LogP contribution in [0.1, 0.15) is 24.4 Å². The molecule has 2 heterocycles. The van der Waals surface area contributed by atoms with Gasteiger partial charge in [-0.15, -0.1) is 0 Å². The summed E-state index contributed by atoms with van der Waals surface area (Å²) in [4.78, 5) is 18.4. The predicted molar refractivity (Wildman–Crippen MR) is 92.1 cm³/mol. The van der Waals surface area contributed by atoms with E-state index in [4.69, 9.17) is 0 Å². The number of likely N-dealkylation sites (tertiary alicyclic amines) is 1. The number of hydrogen-bond acceptors (Lipinski definition) is 4. The molecule has 2 rings (SSSR count). The molecule has 2 atom stereocenters. The molecule has 0 radical (unpaired) electrons. The monoisotopic (exact) mass is 322 g/mol. The van der Waals surface area contributed by atoms with E-state index in [-0.39, 0.29) is 6.03 Å². The van der Waals surface area contributed by atoms with Crippen LogP contribution in [0.15, 0.2) is 24.5 Å². The number of carbonyl (C=O) groups is 1. The van der Waals surface area contributed by atoms with Gasteiger partial charge < -0.3 is 10.6 Å². The van der Waals surface area contributed by atoms with E-state index in [0.29, 0.717) is 18.5 Å². The number of pyridine rings is 1. The maximum absolute atomic E-state index is 11.8. The Labute approximate surface area is 137 Å². The highest BCUT2D eigenvalue weighted by Gasteiger charge is 2.33. The first-order valence-corrected chi connectivity index (χ1v) is 9.22. The molecule has 1 aliphatic rings. The highest BCUT2D eigenvalue weighted by molar-refractivity contribution is 7.98. The molecule has 1 aromatic heterocycles. The Balaban J connectivity index is 1.80. The molecule has 6 heteroatoms. The molecule has 1 saturated heterocycles. The smallest absolute Gasteiger partial charge is 0.314 e. The number of thioether (sulfide) groups is 1. The van der Waals surface area contributed by atoms with Crippen LogP contribution in [0.5, 0.6) is 0 Å². The van der Waals surface area contributed by atoms with Crippen LogP contribution < -0.4 is 10.6 Å². The summed E-state index contributed by atoms with van der Waals surface area (Å²) in [6, 6.07) is 4.38. The van der Waals surface area contributed by atoms with Crippen LogP contribution in [0, 0.1) is 5.92 Å². The molecule has 0 aromatic carbocycles. The summed E-state index contributed by atoms with van der Waals surface area (Å²) >= 11 is 1.80. The molecule has 0 bridgehead atoms. The Morgan fingerprint density at radius 2 is 2.36 bits per heavy atom. The van der Waals surface area contributed by atoms with Gasteiger partial charge in [-0.25, -0.2) is 4.79 Å². The summed E-state index contributed by atoms with van der Waals surface area (Å²) in [6.45, 7) is 2.50. The molecule has 2 N–H and O–H groups in total. The fourth-order valence-corrected chi connectivity index (χ4v) is 3.46. The summed E-state index contributed by atoms with van der Waals surface area (Å²) in [5, 5.41) is 5.94. The van der Waals surface area contributed by atoms with Crippen LogP contribution in [0.2, 0.25) is 0 Å². The van der Waals surface area contributed by atoms with Gasteiger partial charge in [-0.1, -0.05) is 6.07 Å². The summed E-state index contributed by atoms with van der Waals surface area (Å²) in [5.74, 6) is 1.52. The lowest BCUT2D eigenvalue weighted by molar-refractivity contribution is 0.233. The van der Waals surface area contributed by atoms with Crippen molar-refractivity contribution in [3.8, 4) is 0 Å². The third kappa shape index (κ3) is 4.88. The summed E-state index contributed by atoms with van der Waals surface area (Å²) < 4.78 is 0. The van der Waals surface area contributed by atoms with E-state index >= 15 is 0 Å². The van der Waals surface area contributed by atoms with Crippen molar-refractivity contribution < 1.29 is 4.79 Å². The average Bonchev–Trinajstić information content (AvgIpc) is 2.91. The van der Waals surface area contributed by atoms with Gasteiger partial charge in [0.25, 0.3) is 0 Å². The number of nitrogens with zero attached hydrogens (tertiary/aromatic N) is 2. The van der Waals surface area contributed by atoms with Gasteiger partial charge in [-0.05, 0) is 56.0 Å². The van der Waals surface area contributed by atoms with E-state index in [1.54, 1.807) is 18.0 Å². The van der Waals surface area contributed by atoms with Gasteiger partial charge in [0.05, 0.1) is 0 Å². The van der Waals surface area contributed by atoms with Crippen LogP contribution in [0.3, 0.4) is 0 Å². The summed E-state index contributed by atoms with van der Waals surface area (Å²) in [7, 11) is 2.14. The van der Waals surface area contributed by atoms with Gasteiger partial charge >= 0.3 is 6.03 Å². The standard InChI is InChI=1S/C16H26N4OS/c1-20-9-6-14(15(20)13-5-3-7-17-11-13)12-19-16(21)18-8-4-10-22-2/h3,5,7,11,14-15H,4,6,8-10,12H2,1-2H3,(H2,18,19,21)/t14-,15-/m0/s1. The lowest BCUT2D eigenvalue weighted by Crippen LogP contribution is -2.39. The first-order valence-electron chi connectivity index (χ1n) is 7.83. The molecular weight excluding hydrogens is 296 g/mol. The van der Waals surface area contributed by atoms with Crippen LogP contribution in [0.25, 0.3) is 0 Å². The van der Waals surface area contributed by atoms with Crippen LogP contribution >= 0.6 is 11.8 Å². The lowest BCUT2D eigenvalue weighted by atomic mass is 9.95. The molecular formula is C16H26N4OS. The van der Waals surface area contributed by atoms with E-state index in [0.717, 1.165) is 31.7 Å². The fourth-order valence-electron chi connectivity index (χ4n) is 3.02. The van der Waals surface area contributed by atoms with Crippen molar-refractivity contribution in [2.24, 2.45) is 5.92 Å². The number of urea groups is 1. The van der Waals surface area contributed by atoms with E-state index in [9.17, 15) is 4.79 Å². The molecule has 0 saturated carbocycles. The SMILES string of the molecule is CSCCCNC(=O)NC[C@@H]1CCN(C)[C@H]1c1cccnc1.